The highest BCUT2D eigenvalue weighted by molar-refractivity contribution is 5.60. The molecule has 3 aliphatic rings. The molecule has 264 valence electrons. The summed E-state index contributed by atoms with van der Waals surface area (Å²) in [4.78, 5) is 4.40. The molecule has 0 radical (unpaired) electrons. The minimum Gasteiger partial charge on any atom is -0.507 e. The van der Waals surface area contributed by atoms with Gasteiger partial charge in [-0.1, -0.05) is 0 Å². The van der Waals surface area contributed by atoms with Gasteiger partial charge < -0.3 is 58.3 Å². The van der Waals surface area contributed by atoms with Gasteiger partial charge in [0.15, 0.2) is 46.0 Å². The average molecular weight is 691 g/mol. The van der Waals surface area contributed by atoms with Crippen molar-refractivity contribution in [1.82, 2.24) is 9.80 Å². The first-order valence-corrected chi connectivity index (χ1v) is 15.9. The minimum absolute atomic E-state index is 0.0131. The van der Waals surface area contributed by atoms with E-state index in [1.165, 1.54) is 28.4 Å². The molecule has 0 amide bonds. The molecule has 4 aromatic carbocycles. The summed E-state index contributed by atoms with van der Waals surface area (Å²) < 4.78 is 44.4. The van der Waals surface area contributed by atoms with Gasteiger partial charge >= 0.3 is 0 Å². The van der Waals surface area contributed by atoms with Crippen LogP contribution in [0.3, 0.4) is 0 Å². The highest BCUT2D eigenvalue weighted by Gasteiger charge is 2.36. The summed E-state index contributed by atoms with van der Waals surface area (Å²) in [6, 6.07) is 12.5. The van der Waals surface area contributed by atoms with E-state index in [0.29, 0.717) is 71.4 Å². The standard InChI is InChI=1S/C36H38N2O12/c1-43-29-9-19(10-30(44-2)35(29)41)33(21-13-25-27(15-23(21)39)49-17-47-25)37-5-7-38(8-6-37)34(20-11-31(45-3)36(42)32(12-20)46-4)22-14-26-28(16-24(22)40)50-18-48-26/h9-16,33-34,39-42H,5-8,17-18H2,1-4H3. The Bertz CT molecular complexity index is 1720. The van der Waals surface area contributed by atoms with Crippen LogP contribution in [-0.2, 0) is 0 Å². The van der Waals surface area contributed by atoms with Gasteiger partial charge in [0.05, 0.1) is 40.5 Å². The first-order chi connectivity index (χ1) is 24.2. The number of benzene rings is 4. The Balaban J connectivity index is 1.29. The highest BCUT2D eigenvalue weighted by Crippen LogP contribution is 2.49. The Kier molecular flexibility index (Phi) is 8.80. The van der Waals surface area contributed by atoms with E-state index in [-0.39, 0.29) is 59.6 Å². The van der Waals surface area contributed by atoms with Crippen molar-refractivity contribution in [1.29, 1.82) is 0 Å². The zero-order valence-electron chi connectivity index (χ0n) is 28.0. The van der Waals surface area contributed by atoms with E-state index in [0.717, 1.165) is 0 Å². The third-order valence-corrected chi connectivity index (χ3v) is 9.35. The molecular formula is C36H38N2O12. The molecule has 50 heavy (non-hydrogen) atoms. The lowest BCUT2D eigenvalue weighted by Crippen LogP contribution is -2.49. The van der Waals surface area contributed by atoms with Gasteiger partial charge in [0.1, 0.15) is 11.5 Å². The quantitative estimate of drug-likeness (QED) is 0.184. The fourth-order valence-corrected chi connectivity index (χ4v) is 6.90. The van der Waals surface area contributed by atoms with Crippen molar-refractivity contribution >= 4 is 0 Å². The Hall–Kier alpha value is -5.60. The number of aromatic hydroxyl groups is 4. The van der Waals surface area contributed by atoms with E-state index >= 15 is 0 Å². The number of piperazine rings is 1. The lowest BCUT2D eigenvalue weighted by molar-refractivity contribution is 0.0879. The summed E-state index contributed by atoms with van der Waals surface area (Å²) in [6.45, 7) is 2.08. The second-order valence-corrected chi connectivity index (χ2v) is 12.0. The normalized spacial score (nSPS) is 16.6. The largest absolute Gasteiger partial charge is 0.507 e. The summed E-state index contributed by atoms with van der Waals surface area (Å²) in [7, 11) is 5.85. The first kappa shape index (κ1) is 32.9. The zero-order valence-corrected chi connectivity index (χ0v) is 28.0. The van der Waals surface area contributed by atoms with Crippen LogP contribution in [0.4, 0.5) is 0 Å². The Labute approximate surface area is 288 Å². The summed E-state index contributed by atoms with van der Waals surface area (Å²) in [6.07, 6.45) is 0. The van der Waals surface area contributed by atoms with Crippen LogP contribution in [0.15, 0.2) is 48.5 Å². The zero-order chi connectivity index (χ0) is 35.1. The fraction of sp³-hybridized carbons (Fsp3) is 0.333. The molecule has 2 atom stereocenters. The molecule has 14 nitrogen and oxygen atoms in total. The van der Waals surface area contributed by atoms with Crippen molar-refractivity contribution in [3.05, 3.63) is 70.8 Å². The van der Waals surface area contributed by atoms with Crippen LogP contribution in [-0.4, -0.2) is 98.4 Å². The van der Waals surface area contributed by atoms with Gasteiger partial charge in [-0.15, -0.1) is 0 Å². The lowest BCUT2D eigenvalue weighted by Gasteiger charge is -2.43. The third kappa shape index (κ3) is 5.75. The molecule has 0 aromatic heterocycles. The van der Waals surface area contributed by atoms with Crippen molar-refractivity contribution in [3.8, 4) is 69.0 Å². The molecule has 0 aliphatic carbocycles. The van der Waals surface area contributed by atoms with Gasteiger partial charge in [0.2, 0.25) is 25.1 Å². The van der Waals surface area contributed by atoms with Gasteiger partial charge in [0, 0.05) is 49.4 Å². The second kappa shape index (κ2) is 13.4. The van der Waals surface area contributed by atoms with Crippen molar-refractivity contribution in [2.45, 2.75) is 12.1 Å². The summed E-state index contributed by atoms with van der Waals surface area (Å²) in [5.74, 6) is 2.54. The molecule has 1 saturated heterocycles. The topological polar surface area (TPSA) is 161 Å². The monoisotopic (exact) mass is 690 g/mol. The molecule has 7 rings (SSSR count). The van der Waals surface area contributed by atoms with Gasteiger partial charge in [-0.25, -0.2) is 0 Å². The van der Waals surface area contributed by atoms with E-state index in [1.54, 1.807) is 48.5 Å². The summed E-state index contributed by atoms with van der Waals surface area (Å²) in [5.41, 5.74) is 2.54. The maximum Gasteiger partial charge on any atom is 0.231 e. The predicted molar refractivity (Wildman–Crippen MR) is 178 cm³/mol. The second-order valence-electron chi connectivity index (χ2n) is 12.0. The number of hydrogen-bond donors (Lipinski definition) is 4. The first-order valence-electron chi connectivity index (χ1n) is 15.9. The van der Waals surface area contributed by atoms with Crippen LogP contribution >= 0.6 is 0 Å². The van der Waals surface area contributed by atoms with Crippen molar-refractivity contribution in [3.63, 3.8) is 0 Å². The average Bonchev–Trinajstić information content (AvgIpc) is 3.79. The summed E-state index contributed by atoms with van der Waals surface area (Å²) in [5, 5.41) is 44.1. The highest BCUT2D eigenvalue weighted by atomic mass is 16.7. The van der Waals surface area contributed by atoms with E-state index in [4.69, 9.17) is 37.9 Å². The molecule has 1 fully saturated rings. The number of phenols is 4. The maximum absolute atomic E-state index is 11.3. The SMILES string of the molecule is COc1cc(C(c2cc3c(cc2O)OCO3)N2CCN(C(c3cc(OC)c(O)c(OC)c3)c3cc4c(cc3O)OCO4)CC2)cc(OC)c1O. The summed E-state index contributed by atoms with van der Waals surface area (Å²) >= 11 is 0. The third-order valence-electron chi connectivity index (χ3n) is 9.35. The predicted octanol–water partition coefficient (Wildman–Crippen LogP) is 4.50. The van der Waals surface area contributed by atoms with E-state index in [2.05, 4.69) is 9.80 Å². The molecule has 0 saturated carbocycles. The molecule has 2 unspecified atom stereocenters. The van der Waals surface area contributed by atoms with Crippen LogP contribution < -0.4 is 37.9 Å². The molecule has 14 heteroatoms. The van der Waals surface area contributed by atoms with Crippen LogP contribution in [0.1, 0.15) is 34.3 Å². The molecule has 3 heterocycles. The number of nitrogens with zero attached hydrogens (tertiary/aromatic N) is 2. The number of ether oxygens (including phenoxy) is 8. The van der Waals surface area contributed by atoms with Crippen LogP contribution in [0.5, 0.6) is 69.0 Å². The van der Waals surface area contributed by atoms with E-state index < -0.39 is 12.1 Å². The van der Waals surface area contributed by atoms with Gasteiger partial charge in [-0.3, -0.25) is 9.80 Å². The maximum atomic E-state index is 11.3. The van der Waals surface area contributed by atoms with Crippen LogP contribution in [0.2, 0.25) is 0 Å². The lowest BCUT2D eigenvalue weighted by atomic mass is 9.92. The number of rotatable bonds is 10. The smallest absolute Gasteiger partial charge is 0.231 e. The number of fused-ring (bicyclic) bond motifs is 2. The number of phenolic OH excluding ortho intramolecular Hbond substituents is 4. The Morgan fingerprint density at radius 2 is 0.780 bits per heavy atom. The fourth-order valence-electron chi connectivity index (χ4n) is 6.90. The van der Waals surface area contributed by atoms with Gasteiger partial charge in [-0.2, -0.15) is 0 Å². The van der Waals surface area contributed by atoms with Gasteiger partial charge in [-0.05, 0) is 47.5 Å². The van der Waals surface area contributed by atoms with Crippen molar-refractivity contribution in [2.75, 3.05) is 68.2 Å². The van der Waals surface area contributed by atoms with Crippen molar-refractivity contribution < 1.29 is 58.3 Å². The number of hydrogen-bond acceptors (Lipinski definition) is 14. The molecule has 4 aromatic rings. The molecule has 3 aliphatic heterocycles. The van der Waals surface area contributed by atoms with Crippen LogP contribution in [0, 0.1) is 0 Å². The molecule has 0 bridgehead atoms. The van der Waals surface area contributed by atoms with Crippen LogP contribution in [0.25, 0.3) is 0 Å². The molecule has 0 spiro atoms. The van der Waals surface area contributed by atoms with Gasteiger partial charge in [0.25, 0.3) is 0 Å². The van der Waals surface area contributed by atoms with Crippen molar-refractivity contribution in [2.24, 2.45) is 0 Å². The molecule has 4 N–H and O–H groups in total. The Morgan fingerprint density at radius 1 is 0.480 bits per heavy atom. The van der Waals surface area contributed by atoms with E-state index in [9.17, 15) is 20.4 Å². The minimum atomic E-state index is -0.527. The number of methoxy groups -OCH3 is 4. The molecular weight excluding hydrogens is 652 g/mol. The Morgan fingerprint density at radius 3 is 1.08 bits per heavy atom. The van der Waals surface area contributed by atoms with E-state index in [1.807, 2.05) is 0 Å².